The third-order valence-electron chi connectivity index (χ3n) is 4.41. The number of amides is 1. The maximum absolute atomic E-state index is 12.6. The minimum absolute atomic E-state index is 0.132. The van der Waals surface area contributed by atoms with Gasteiger partial charge >= 0.3 is 0 Å². The molecule has 0 fully saturated rings. The van der Waals surface area contributed by atoms with Crippen molar-refractivity contribution in [2.45, 2.75) is 13.5 Å². The Morgan fingerprint density at radius 1 is 1.06 bits per heavy atom. The summed E-state index contributed by atoms with van der Waals surface area (Å²) in [6.45, 7) is 2.30. The second kappa shape index (κ2) is 9.04. The van der Waals surface area contributed by atoms with Crippen molar-refractivity contribution in [3.05, 3.63) is 88.6 Å². The second-order valence-corrected chi connectivity index (χ2v) is 6.72. The lowest BCUT2D eigenvalue weighted by Gasteiger charge is -2.09. The molecule has 9 heteroatoms. The van der Waals surface area contributed by atoms with Gasteiger partial charge in [0.1, 0.15) is 23.9 Å². The van der Waals surface area contributed by atoms with Crippen molar-refractivity contribution >= 4 is 11.6 Å². The highest BCUT2D eigenvalue weighted by Crippen LogP contribution is 2.18. The molecule has 2 aromatic carbocycles. The van der Waals surface area contributed by atoms with E-state index in [1.54, 1.807) is 12.1 Å². The Morgan fingerprint density at radius 2 is 1.84 bits per heavy atom. The largest absolute Gasteiger partial charge is 0.492 e. The van der Waals surface area contributed by atoms with E-state index in [0.29, 0.717) is 17.3 Å². The summed E-state index contributed by atoms with van der Waals surface area (Å²) in [5.74, 6) is 1.59. The van der Waals surface area contributed by atoms with Crippen LogP contribution in [0.25, 0.3) is 11.4 Å². The van der Waals surface area contributed by atoms with Crippen LogP contribution in [0.2, 0.25) is 0 Å². The Balaban J connectivity index is 1.40. The lowest BCUT2D eigenvalue weighted by atomic mass is 10.2. The Bertz CT molecular complexity index is 1230. The number of benzene rings is 2. The Hall–Kier alpha value is -4.27. The van der Waals surface area contributed by atoms with Gasteiger partial charge in [0.2, 0.25) is 0 Å². The van der Waals surface area contributed by atoms with Gasteiger partial charge in [0.15, 0.2) is 5.82 Å². The van der Waals surface area contributed by atoms with Gasteiger partial charge in [-0.25, -0.2) is 9.67 Å². The number of rotatable bonds is 7. The number of anilines is 1. The summed E-state index contributed by atoms with van der Waals surface area (Å²) < 4.78 is 6.81. The Kier molecular flexibility index (Phi) is 5.84. The van der Waals surface area contributed by atoms with Gasteiger partial charge in [-0.15, -0.1) is 0 Å². The molecule has 0 unspecified atom stereocenters. The van der Waals surface area contributed by atoms with Crippen molar-refractivity contribution in [1.29, 1.82) is 0 Å². The van der Waals surface area contributed by atoms with Gasteiger partial charge < -0.3 is 10.1 Å². The number of aromatic nitrogens is 5. The SMILES string of the molecule is Cc1nc(-c2ccc(NC(=O)c3ccc(=O)n(CCOc4ccccc4)n3)cc2)n[nH]1. The van der Waals surface area contributed by atoms with Crippen LogP contribution in [-0.4, -0.2) is 37.5 Å². The van der Waals surface area contributed by atoms with E-state index in [1.807, 2.05) is 49.4 Å². The summed E-state index contributed by atoms with van der Waals surface area (Å²) in [4.78, 5) is 28.9. The van der Waals surface area contributed by atoms with Crippen molar-refractivity contribution < 1.29 is 9.53 Å². The molecule has 1 amide bonds. The van der Waals surface area contributed by atoms with Crippen molar-refractivity contribution in [3.63, 3.8) is 0 Å². The zero-order valence-corrected chi connectivity index (χ0v) is 16.8. The molecule has 4 rings (SSSR count). The molecule has 0 atom stereocenters. The van der Waals surface area contributed by atoms with Crippen LogP contribution >= 0.6 is 0 Å². The molecule has 0 aliphatic carbocycles. The van der Waals surface area contributed by atoms with Crippen molar-refractivity contribution in [1.82, 2.24) is 25.0 Å². The molecule has 0 spiro atoms. The average Bonchev–Trinajstić information content (AvgIpc) is 3.22. The van der Waals surface area contributed by atoms with E-state index >= 15 is 0 Å². The van der Waals surface area contributed by atoms with Gasteiger partial charge in [-0.05, 0) is 49.4 Å². The van der Waals surface area contributed by atoms with Gasteiger partial charge in [0.25, 0.3) is 11.5 Å². The maximum Gasteiger partial charge on any atom is 0.276 e. The minimum Gasteiger partial charge on any atom is -0.492 e. The number of hydrogen-bond acceptors (Lipinski definition) is 6. The highest BCUT2D eigenvalue weighted by Gasteiger charge is 2.11. The normalized spacial score (nSPS) is 10.6. The first kappa shape index (κ1) is 20.0. The second-order valence-electron chi connectivity index (χ2n) is 6.72. The van der Waals surface area contributed by atoms with Crippen LogP contribution in [0.1, 0.15) is 16.3 Å². The monoisotopic (exact) mass is 416 g/mol. The topological polar surface area (TPSA) is 115 Å². The van der Waals surface area contributed by atoms with Crippen LogP contribution in [0.15, 0.2) is 71.5 Å². The molecule has 0 saturated heterocycles. The van der Waals surface area contributed by atoms with Gasteiger partial charge in [0.05, 0.1) is 6.54 Å². The number of carbonyl (C=O) groups excluding carboxylic acids is 1. The lowest BCUT2D eigenvalue weighted by Crippen LogP contribution is -2.28. The first-order chi connectivity index (χ1) is 15.1. The van der Waals surface area contributed by atoms with E-state index in [-0.39, 0.29) is 24.4 Å². The van der Waals surface area contributed by atoms with E-state index in [2.05, 4.69) is 25.6 Å². The van der Waals surface area contributed by atoms with Crippen LogP contribution in [0, 0.1) is 6.92 Å². The van der Waals surface area contributed by atoms with Crippen molar-refractivity contribution in [2.75, 3.05) is 11.9 Å². The molecule has 4 aromatic rings. The molecule has 31 heavy (non-hydrogen) atoms. The summed E-state index contributed by atoms with van der Waals surface area (Å²) in [6, 6.07) is 19.1. The number of nitrogens with one attached hydrogen (secondary N) is 2. The molecule has 0 aliphatic rings. The number of hydrogen-bond donors (Lipinski definition) is 2. The number of aromatic amines is 1. The van der Waals surface area contributed by atoms with Crippen LogP contribution in [0.5, 0.6) is 5.75 Å². The molecular weight excluding hydrogens is 396 g/mol. The van der Waals surface area contributed by atoms with E-state index in [1.165, 1.54) is 16.8 Å². The third-order valence-corrected chi connectivity index (χ3v) is 4.41. The fourth-order valence-corrected chi connectivity index (χ4v) is 2.87. The predicted molar refractivity (Wildman–Crippen MR) is 115 cm³/mol. The number of H-pyrrole nitrogens is 1. The standard InChI is InChI=1S/C22H20N6O3/c1-15-23-21(26-25-15)16-7-9-17(10-8-16)24-22(30)19-11-12-20(29)28(27-19)13-14-31-18-5-3-2-4-6-18/h2-12H,13-14H2,1H3,(H,24,30)(H,23,25,26). The van der Waals surface area contributed by atoms with Crippen molar-refractivity contribution in [3.8, 4) is 17.1 Å². The Morgan fingerprint density at radius 3 is 2.55 bits per heavy atom. The smallest absolute Gasteiger partial charge is 0.276 e. The number of nitrogens with zero attached hydrogens (tertiary/aromatic N) is 4. The van der Waals surface area contributed by atoms with Crippen LogP contribution < -0.4 is 15.6 Å². The van der Waals surface area contributed by atoms with E-state index in [9.17, 15) is 9.59 Å². The average molecular weight is 416 g/mol. The molecule has 2 heterocycles. The lowest BCUT2D eigenvalue weighted by molar-refractivity contribution is 0.101. The highest BCUT2D eigenvalue weighted by molar-refractivity contribution is 6.02. The zero-order chi connectivity index (χ0) is 21.6. The summed E-state index contributed by atoms with van der Waals surface area (Å²) in [5, 5.41) is 13.8. The molecule has 156 valence electrons. The van der Waals surface area contributed by atoms with Gasteiger partial charge in [-0.2, -0.15) is 10.2 Å². The molecule has 0 aliphatic heterocycles. The maximum atomic E-state index is 12.6. The van der Waals surface area contributed by atoms with E-state index < -0.39 is 5.91 Å². The molecular formula is C22H20N6O3. The highest BCUT2D eigenvalue weighted by atomic mass is 16.5. The van der Waals surface area contributed by atoms with E-state index in [0.717, 1.165) is 11.4 Å². The van der Waals surface area contributed by atoms with Crippen LogP contribution in [0.3, 0.4) is 0 Å². The molecule has 0 radical (unpaired) electrons. The number of para-hydroxylation sites is 1. The predicted octanol–water partition coefficient (Wildman–Crippen LogP) is 2.67. The van der Waals surface area contributed by atoms with Crippen molar-refractivity contribution in [2.24, 2.45) is 0 Å². The zero-order valence-electron chi connectivity index (χ0n) is 16.8. The Labute approximate surface area is 177 Å². The molecule has 9 nitrogen and oxygen atoms in total. The van der Waals surface area contributed by atoms with Crippen LogP contribution in [0.4, 0.5) is 5.69 Å². The molecule has 2 N–H and O–H groups in total. The fourth-order valence-electron chi connectivity index (χ4n) is 2.87. The minimum atomic E-state index is -0.417. The summed E-state index contributed by atoms with van der Waals surface area (Å²) in [7, 11) is 0. The van der Waals surface area contributed by atoms with Gasteiger partial charge in [-0.3, -0.25) is 14.7 Å². The molecule has 0 bridgehead atoms. The third kappa shape index (κ3) is 5.02. The van der Waals surface area contributed by atoms with Gasteiger partial charge in [0, 0.05) is 17.3 Å². The molecule has 2 aromatic heterocycles. The quantitative estimate of drug-likeness (QED) is 0.479. The summed E-state index contributed by atoms with van der Waals surface area (Å²) in [5.41, 5.74) is 1.24. The first-order valence-corrected chi connectivity index (χ1v) is 9.65. The van der Waals surface area contributed by atoms with Crippen LogP contribution in [-0.2, 0) is 6.54 Å². The number of aryl methyl sites for hydroxylation is 1. The van der Waals surface area contributed by atoms with E-state index in [4.69, 9.17) is 4.74 Å². The fraction of sp³-hybridized carbons (Fsp3) is 0.136. The summed E-state index contributed by atoms with van der Waals surface area (Å²) in [6.07, 6.45) is 0. The first-order valence-electron chi connectivity index (χ1n) is 9.65. The number of carbonyl (C=O) groups is 1. The molecule has 0 saturated carbocycles. The van der Waals surface area contributed by atoms with Gasteiger partial charge in [-0.1, -0.05) is 18.2 Å². The summed E-state index contributed by atoms with van der Waals surface area (Å²) >= 11 is 0. The number of ether oxygens (including phenoxy) is 1.